The largest absolute Gasteiger partial charge is 0.387 e. The predicted octanol–water partition coefficient (Wildman–Crippen LogP) is 4.48. The number of hydrogen-bond acceptors (Lipinski definition) is 4. The van der Waals surface area contributed by atoms with E-state index >= 15 is 0 Å². The molecule has 2 aromatic carbocycles. The van der Waals surface area contributed by atoms with Crippen LogP contribution in [-0.4, -0.2) is 12.0 Å². The topological polar surface area (TPSA) is 54.4 Å². The maximum absolute atomic E-state index is 10.7. The van der Waals surface area contributed by atoms with Crippen LogP contribution in [0.15, 0.2) is 41.6 Å². The molecule has 1 N–H and O–H groups in total. The van der Waals surface area contributed by atoms with Gasteiger partial charge in [0.25, 0.3) is 0 Å². The number of pyridine rings is 1. The van der Waals surface area contributed by atoms with Gasteiger partial charge in [-0.3, -0.25) is 0 Å². The van der Waals surface area contributed by atoms with E-state index in [1.165, 1.54) is 0 Å². The molecule has 5 heteroatoms. The smallest absolute Gasteiger partial charge is 0.108 e. The highest BCUT2D eigenvalue weighted by atomic mass is 35.5. The van der Waals surface area contributed by atoms with Gasteiger partial charge in [-0.2, -0.15) is 0 Å². The molecule has 1 heterocycles. The molecule has 0 amide bonds. The van der Waals surface area contributed by atoms with E-state index in [2.05, 4.69) is 15.5 Å². The van der Waals surface area contributed by atoms with Gasteiger partial charge in [0.05, 0.1) is 21.7 Å². The van der Waals surface area contributed by atoms with E-state index in [0.717, 1.165) is 27.5 Å². The molecule has 0 bridgehead atoms. The predicted molar refractivity (Wildman–Crippen MR) is 79.3 cm³/mol. The summed E-state index contributed by atoms with van der Waals surface area (Å²) >= 11 is 6.19. The van der Waals surface area contributed by atoms with Crippen LogP contribution in [0.25, 0.3) is 21.8 Å². The molecule has 0 aliphatic carbocycles. The Hall–Kier alpha value is -2.20. The fraction of sp³-hybridized carbons (Fsp3) is 0.0714. The average molecular weight is 272 g/mol. The number of nitrogens with zero attached hydrogens (tertiary/aromatic N) is 2. The van der Waals surface area contributed by atoms with Crippen molar-refractivity contribution in [3.63, 3.8) is 0 Å². The van der Waals surface area contributed by atoms with Crippen molar-refractivity contribution < 1.29 is 0 Å². The Morgan fingerprint density at radius 2 is 2.05 bits per heavy atom. The highest BCUT2D eigenvalue weighted by Crippen LogP contribution is 2.35. The summed E-state index contributed by atoms with van der Waals surface area (Å²) in [6.07, 6.45) is 0. The average Bonchev–Trinajstić information content (AvgIpc) is 2.45. The minimum Gasteiger partial charge on any atom is -0.387 e. The highest BCUT2D eigenvalue weighted by Gasteiger charge is 2.10. The van der Waals surface area contributed by atoms with E-state index < -0.39 is 0 Å². The molecule has 4 nitrogen and oxygen atoms in total. The third-order valence-electron chi connectivity index (χ3n) is 3.09. The van der Waals surface area contributed by atoms with Crippen molar-refractivity contribution in [1.82, 2.24) is 4.98 Å². The second-order valence-electron chi connectivity index (χ2n) is 4.17. The van der Waals surface area contributed by atoms with Crippen molar-refractivity contribution in [2.75, 3.05) is 12.4 Å². The van der Waals surface area contributed by atoms with Gasteiger partial charge in [0.15, 0.2) is 0 Å². The number of hydrogen-bond donors (Lipinski definition) is 1. The number of nitrogens with one attached hydrogen (secondary N) is 1. The number of nitroso groups, excluding NO2 is 1. The molecule has 0 atom stereocenters. The highest BCUT2D eigenvalue weighted by molar-refractivity contribution is 6.35. The van der Waals surface area contributed by atoms with Crippen LogP contribution in [-0.2, 0) is 0 Å². The molecule has 94 valence electrons. The lowest BCUT2D eigenvalue weighted by atomic mass is 10.1. The molecule has 0 radical (unpaired) electrons. The third kappa shape index (κ3) is 1.81. The molecule has 0 aliphatic rings. The number of para-hydroxylation sites is 1. The van der Waals surface area contributed by atoms with Gasteiger partial charge >= 0.3 is 0 Å². The number of benzene rings is 2. The van der Waals surface area contributed by atoms with Crippen LogP contribution in [0.3, 0.4) is 0 Å². The molecule has 0 fully saturated rings. The SMILES string of the molecule is CNc1c2cc(N=O)ccc2nc2c(Cl)cccc12. The number of aromatic nitrogens is 1. The zero-order valence-corrected chi connectivity index (χ0v) is 10.9. The van der Waals surface area contributed by atoms with E-state index in [0.29, 0.717) is 10.7 Å². The Balaban J connectivity index is 2.53. The normalized spacial score (nSPS) is 10.8. The van der Waals surface area contributed by atoms with E-state index in [9.17, 15) is 4.91 Å². The summed E-state index contributed by atoms with van der Waals surface area (Å²) in [5, 5.41) is 8.49. The van der Waals surface area contributed by atoms with Crippen LogP contribution in [0.4, 0.5) is 11.4 Å². The fourth-order valence-electron chi connectivity index (χ4n) is 2.24. The van der Waals surface area contributed by atoms with Gasteiger partial charge in [-0.25, -0.2) is 4.98 Å². The monoisotopic (exact) mass is 271 g/mol. The van der Waals surface area contributed by atoms with E-state index in [1.54, 1.807) is 18.2 Å². The zero-order chi connectivity index (χ0) is 13.4. The van der Waals surface area contributed by atoms with Crippen LogP contribution in [0.2, 0.25) is 5.02 Å². The molecule has 0 saturated heterocycles. The van der Waals surface area contributed by atoms with Gasteiger partial charge in [0, 0.05) is 17.8 Å². The minimum atomic E-state index is 0.382. The van der Waals surface area contributed by atoms with Crippen LogP contribution < -0.4 is 5.32 Å². The van der Waals surface area contributed by atoms with Crippen molar-refractivity contribution in [2.45, 2.75) is 0 Å². The van der Waals surface area contributed by atoms with Gasteiger partial charge < -0.3 is 5.32 Å². The summed E-state index contributed by atoms with van der Waals surface area (Å²) in [7, 11) is 1.83. The van der Waals surface area contributed by atoms with Crippen LogP contribution >= 0.6 is 11.6 Å². The molecule has 0 spiro atoms. The molecular weight excluding hydrogens is 262 g/mol. The Morgan fingerprint density at radius 3 is 2.79 bits per heavy atom. The summed E-state index contributed by atoms with van der Waals surface area (Å²) in [5.41, 5.74) is 2.80. The molecule has 3 aromatic rings. The van der Waals surface area contributed by atoms with Crippen molar-refractivity contribution in [3.8, 4) is 0 Å². The van der Waals surface area contributed by atoms with Crippen LogP contribution in [0, 0.1) is 4.91 Å². The second kappa shape index (κ2) is 4.48. The first-order valence-corrected chi connectivity index (χ1v) is 6.15. The first kappa shape index (κ1) is 11.9. The quantitative estimate of drug-likeness (QED) is 0.552. The van der Waals surface area contributed by atoms with Crippen LogP contribution in [0.5, 0.6) is 0 Å². The Kier molecular flexibility index (Phi) is 2.80. The molecule has 3 rings (SSSR count). The molecule has 1 aromatic heterocycles. The minimum absolute atomic E-state index is 0.382. The van der Waals surface area contributed by atoms with Crippen molar-refractivity contribution in [1.29, 1.82) is 0 Å². The number of rotatable bonds is 2. The summed E-state index contributed by atoms with van der Waals surface area (Å²) in [6, 6.07) is 10.8. The maximum atomic E-state index is 10.7. The van der Waals surface area contributed by atoms with Gasteiger partial charge in [0.2, 0.25) is 0 Å². The van der Waals surface area contributed by atoms with Gasteiger partial charge in [-0.1, -0.05) is 23.7 Å². The Morgan fingerprint density at radius 1 is 1.21 bits per heavy atom. The lowest BCUT2D eigenvalue weighted by Crippen LogP contribution is -1.94. The number of anilines is 1. The van der Waals surface area contributed by atoms with Gasteiger partial charge in [-0.05, 0) is 29.4 Å². The van der Waals surface area contributed by atoms with Gasteiger partial charge in [0.1, 0.15) is 5.69 Å². The molecule has 0 unspecified atom stereocenters. The Bertz CT molecular complexity index is 801. The van der Waals surface area contributed by atoms with Crippen LogP contribution in [0.1, 0.15) is 0 Å². The molecule has 19 heavy (non-hydrogen) atoms. The number of halogens is 1. The first-order valence-electron chi connectivity index (χ1n) is 5.77. The lowest BCUT2D eigenvalue weighted by molar-refractivity contribution is 1.45. The summed E-state index contributed by atoms with van der Waals surface area (Å²) in [5.74, 6) is 0. The fourth-order valence-corrected chi connectivity index (χ4v) is 2.46. The molecular formula is C14H10ClN3O. The maximum Gasteiger partial charge on any atom is 0.108 e. The Labute approximate surface area is 114 Å². The number of fused-ring (bicyclic) bond motifs is 2. The summed E-state index contributed by atoms with van der Waals surface area (Å²) in [6.45, 7) is 0. The lowest BCUT2D eigenvalue weighted by Gasteiger charge is -2.11. The van der Waals surface area contributed by atoms with Gasteiger partial charge in [-0.15, -0.1) is 4.91 Å². The van der Waals surface area contributed by atoms with E-state index in [4.69, 9.17) is 11.6 Å². The zero-order valence-electron chi connectivity index (χ0n) is 10.1. The summed E-state index contributed by atoms with van der Waals surface area (Å²) in [4.78, 5) is 15.2. The van der Waals surface area contributed by atoms with Crippen molar-refractivity contribution in [2.24, 2.45) is 5.18 Å². The third-order valence-corrected chi connectivity index (χ3v) is 3.40. The molecule has 0 saturated carbocycles. The second-order valence-corrected chi connectivity index (χ2v) is 4.57. The standard InChI is InChI=1S/C14H10ClN3O/c1-16-13-9-3-2-4-11(15)14(9)17-12-6-5-8(18-19)7-10(12)13/h2-7H,1H3,(H,16,17). The van der Waals surface area contributed by atoms with Crippen molar-refractivity contribution in [3.05, 3.63) is 46.3 Å². The van der Waals surface area contributed by atoms with E-state index in [1.807, 2.05) is 25.2 Å². The van der Waals surface area contributed by atoms with Crippen molar-refractivity contribution >= 4 is 44.8 Å². The van der Waals surface area contributed by atoms with E-state index in [-0.39, 0.29) is 0 Å². The summed E-state index contributed by atoms with van der Waals surface area (Å²) < 4.78 is 0. The molecule has 0 aliphatic heterocycles. The first-order chi connectivity index (χ1) is 9.24.